The van der Waals surface area contributed by atoms with Crippen LogP contribution in [0.4, 0.5) is 0 Å². The van der Waals surface area contributed by atoms with Gasteiger partial charge in [-0.15, -0.1) is 6.42 Å². The van der Waals surface area contributed by atoms with Gasteiger partial charge in [-0.2, -0.15) is 0 Å². The van der Waals surface area contributed by atoms with Gasteiger partial charge in [-0.25, -0.2) is 4.79 Å². The molecule has 0 aromatic heterocycles. The number of ether oxygens (including phenoxy) is 2. The Morgan fingerprint density at radius 1 is 1.50 bits per heavy atom. The Labute approximate surface area is 106 Å². The Morgan fingerprint density at radius 2 is 2.33 bits per heavy atom. The fraction of sp³-hybridized carbons (Fsp3) is 0.400. The number of fused-ring (bicyclic) bond motifs is 1. The van der Waals surface area contributed by atoms with E-state index in [-0.39, 0.29) is 12.1 Å². The van der Waals surface area contributed by atoms with Crippen LogP contribution in [0.1, 0.15) is 28.8 Å². The second kappa shape index (κ2) is 4.38. The minimum absolute atomic E-state index is 0.334. The van der Waals surface area contributed by atoms with Crippen molar-refractivity contribution in [1.29, 1.82) is 0 Å². The Bertz CT molecular complexity index is 523. The monoisotopic (exact) mass is 242 g/mol. The Kier molecular flexibility index (Phi) is 2.71. The molecule has 1 aliphatic carbocycles. The third-order valence-corrected chi connectivity index (χ3v) is 3.37. The van der Waals surface area contributed by atoms with Crippen molar-refractivity contribution in [3.05, 3.63) is 29.3 Å². The summed E-state index contributed by atoms with van der Waals surface area (Å²) < 4.78 is 10.8. The van der Waals surface area contributed by atoms with Gasteiger partial charge in [-0.3, -0.25) is 0 Å². The summed E-state index contributed by atoms with van der Waals surface area (Å²) in [5.74, 6) is 3.44. The fourth-order valence-corrected chi connectivity index (χ4v) is 2.16. The zero-order chi connectivity index (χ0) is 12.5. The lowest BCUT2D eigenvalue weighted by Crippen LogP contribution is -2.18. The summed E-state index contributed by atoms with van der Waals surface area (Å²) in [4.78, 5) is 12.0. The molecule has 0 spiro atoms. The van der Waals surface area contributed by atoms with Crippen molar-refractivity contribution in [2.45, 2.75) is 25.4 Å². The molecular weight excluding hydrogens is 228 g/mol. The lowest BCUT2D eigenvalue weighted by molar-refractivity contribution is 0.0374. The molecule has 2 aliphatic rings. The quantitative estimate of drug-likeness (QED) is 0.602. The summed E-state index contributed by atoms with van der Waals surface area (Å²) in [5, 5.41) is 0. The molecule has 0 saturated heterocycles. The van der Waals surface area contributed by atoms with Crippen LogP contribution in [0, 0.1) is 18.3 Å². The molecule has 1 aromatic rings. The van der Waals surface area contributed by atoms with Crippen LogP contribution in [-0.2, 0) is 11.2 Å². The van der Waals surface area contributed by atoms with Crippen molar-refractivity contribution >= 4 is 5.97 Å². The van der Waals surface area contributed by atoms with E-state index in [4.69, 9.17) is 15.9 Å². The number of rotatable bonds is 3. The van der Waals surface area contributed by atoms with E-state index in [2.05, 4.69) is 5.92 Å². The molecule has 0 radical (unpaired) electrons. The topological polar surface area (TPSA) is 35.5 Å². The van der Waals surface area contributed by atoms with Crippen LogP contribution >= 0.6 is 0 Å². The third-order valence-electron chi connectivity index (χ3n) is 3.37. The number of carbonyl (C=O) groups excluding carboxylic acids is 1. The second-order valence-electron chi connectivity index (χ2n) is 4.75. The van der Waals surface area contributed by atoms with Crippen LogP contribution in [0.15, 0.2) is 18.2 Å². The molecule has 92 valence electrons. The maximum atomic E-state index is 12.0. The molecule has 3 heteroatoms. The van der Waals surface area contributed by atoms with Crippen molar-refractivity contribution in [3.63, 3.8) is 0 Å². The first-order chi connectivity index (χ1) is 8.78. The van der Waals surface area contributed by atoms with Crippen molar-refractivity contribution < 1.29 is 14.3 Å². The number of terminal acetylenes is 1. The van der Waals surface area contributed by atoms with Gasteiger partial charge in [0.2, 0.25) is 0 Å². The van der Waals surface area contributed by atoms with Crippen LogP contribution in [0.5, 0.6) is 5.75 Å². The molecule has 0 bridgehead atoms. The highest BCUT2D eigenvalue weighted by Crippen LogP contribution is 2.34. The minimum atomic E-state index is -0.373. The lowest BCUT2D eigenvalue weighted by atomic mass is 10.1. The van der Waals surface area contributed by atoms with Crippen LogP contribution in [0.25, 0.3) is 0 Å². The van der Waals surface area contributed by atoms with Gasteiger partial charge in [0, 0.05) is 12.3 Å². The molecule has 1 fully saturated rings. The molecule has 3 nitrogen and oxygen atoms in total. The van der Waals surface area contributed by atoms with Gasteiger partial charge >= 0.3 is 5.97 Å². The normalized spacial score (nSPS) is 18.4. The molecule has 1 aromatic carbocycles. The van der Waals surface area contributed by atoms with E-state index < -0.39 is 0 Å². The predicted octanol–water partition coefficient (Wildman–Crippen LogP) is 2.19. The average Bonchev–Trinajstić information content (AvgIpc) is 3.12. The molecule has 0 amide bonds. The third kappa shape index (κ3) is 2.06. The van der Waals surface area contributed by atoms with Crippen LogP contribution in [-0.4, -0.2) is 18.7 Å². The first kappa shape index (κ1) is 11.2. The van der Waals surface area contributed by atoms with Crippen molar-refractivity contribution in [3.8, 4) is 18.1 Å². The summed E-state index contributed by atoms with van der Waals surface area (Å²) in [6.45, 7) is 0.683. The highest BCUT2D eigenvalue weighted by atomic mass is 16.5. The zero-order valence-corrected chi connectivity index (χ0v) is 10.0. The highest BCUT2D eigenvalue weighted by Gasteiger charge is 2.33. The first-order valence-electron chi connectivity index (χ1n) is 6.21. The molecule has 1 saturated carbocycles. The number of carbonyl (C=O) groups is 1. The molecule has 1 atom stereocenters. The molecule has 1 aliphatic heterocycles. The number of esters is 1. The van der Waals surface area contributed by atoms with Crippen LogP contribution < -0.4 is 4.74 Å². The van der Waals surface area contributed by atoms with E-state index in [1.54, 1.807) is 6.07 Å². The molecule has 1 heterocycles. The number of hydrogen-bond acceptors (Lipinski definition) is 3. The summed E-state index contributed by atoms with van der Waals surface area (Å²) >= 11 is 0. The molecule has 0 unspecified atom stereocenters. The molecular formula is C15H14O3. The first-order valence-corrected chi connectivity index (χ1v) is 6.21. The summed E-state index contributed by atoms with van der Waals surface area (Å²) in [6, 6.07) is 5.39. The van der Waals surface area contributed by atoms with Crippen LogP contribution in [0.3, 0.4) is 0 Å². The maximum Gasteiger partial charge on any atom is 0.339 e. The van der Waals surface area contributed by atoms with Gasteiger partial charge in [0.15, 0.2) is 6.10 Å². The molecule has 0 N–H and O–H groups in total. The number of benzene rings is 1. The van der Waals surface area contributed by atoms with Gasteiger partial charge in [0.05, 0.1) is 12.2 Å². The van der Waals surface area contributed by atoms with Gasteiger partial charge in [-0.1, -0.05) is 5.92 Å². The van der Waals surface area contributed by atoms with Gasteiger partial charge in [-0.05, 0) is 36.6 Å². The van der Waals surface area contributed by atoms with Crippen LogP contribution in [0.2, 0.25) is 0 Å². The van der Waals surface area contributed by atoms with Gasteiger partial charge in [0.1, 0.15) is 5.75 Å². The highest BCUT2D eigenvalue weighted by molar-refractivity contribution is 5.90. The van der Waals surface area contributed by atoms with E-state index in [0.29, 0.717) is 18.1 Å². The average molecular weight is 242 g/mol. The maximum absolute atomic E-state index is 12.0. The zero-order valence-electron chi connectivity index (χ0n) is 10.0. The van der Waals surface area contributed by atoms with Crippen molar-refractivity contribution in [2.24, 2.45) is 5.92 Å². The van der Waals surface area contributed by atoms with E-state index in [1.165, 1.54) is 0 Å². The van der Waals surface area contributed by atoms with Crippen molar-refractivity contribution in [1.82, 2.24) is 0 Å². The van der Waals surface area contributed by atoms with E-state index in [9.17, 15) is 4.79 Å². The summed E-state index contributed by atoms with van der Waals surface area (Å²) in [6.07, 6.45) is 7.97. The molecule has 18 heavy (non-hydrogen) atoms. The Balaban J connectivity index is 1.74. The second-order valence-corrected chi connectivity index (χ2v) is 4.75. The smallest absolute Gasteiger partial charge is 0.339 e. The largest absolute Gasteiger partial charge is 0.493 e. The SMILES string of the molecule is C#C[C@H](OC(=O)c1ccc2c(c1)CCO2)C1CC1. The summed E-state index contributed by atoms with van der Waals surface area (Å²) in [5.41, 5.74) is 1.62. The van der Waals surface area contributed by atoms with E-state index in [1.807, 2.05) is 12.1 Å². The van der Waals surface area contributed by atoms with Gasteiger partial charge in [0.25, 0.3) is 0 Å². The van der Waals surface area contributed by atoms with Gasteiger partial charge < -0.3 is 9.47 Å². The Hall–Kier alpha value is -1.95. The van der Waals surface area contributed by atoms with E-state index >= 15 is 0 Å². The minimum Gasteiger partial charge on any atom is -0.493 e. The summed E-state index contributed by atoms with van der Waals surface area (Å²) in [7, 11) is 0. The standard InChI is InChI=1S/C15H14O3/c1-2-13(10-3-4-10)18-15(16)12-5-6-14-11(9-12)7-8-17-14/h1,5-6,9-10,13H,3-4,7-8H2/t13-/m0/s1. The van der Waals surface area contributed by atoms with E-state index in [0.717, 1.165) is 30.6 Å². The Morgan fingerprint density at radius 3 is 3.06 bits per heavy atom. The number of hydrogen-bond donors (Lipinski definition) is 0. The predicted molar refractivity (Wildman–Crippen MR) is 66.4 cm³/mol. The fourth-order valence-electron chi connectivity index (χ4n) is 2.16. The molecule has 3 rings (SSSR count). The lowest BCUT2D eigenvalue weighted by Gasteiger charge is -2.11. The van der Waals surface area contributed by atoms with Crippen molar-refractivity contribution in [2.75, 3.05) is 6.61 Å².